The Hall–Kier alpha value is -2.32. The van der Waals surface area contributed by atoms with Crippen LogP contribution < -0.4 is 0 Å². The van der Waals surface area contributed by atoms with E-state index in [0.717, 1.165) is 0 Å². The molecule has 6 nitrogen and oxygen atoms in total. The second kappa shape index (κ2) is 4.17. The SMILES string of the molecule is O=C(O)c1nnn(Cc2ccoc2)c1C(F)(F)F. The molecule has 9 heteroatoms. The number of hydrogen-bond acceptors (Lipinski definition) is 4. The van der Waals surface area contributed by atoms with Crippen molar-refractivity contribution in [2.24, 2.45) is 0 Å². The fourth-order valence-electron chi connectivity index (χ4n) is 1.40. The van der Waals surface area contributed by atoms with Crippen molar-refractivity contribution in [3.8, 4) is 0 Å². The number of carboxylic acids is 1. The zero-order valence-electron chi connectivity index (χ0n) is 8.68. The summed E-state index contributed by atoms with van der Waals surface area (Å²) in [6, 6.07) is 1.45. The molecule has 0 saturated heterocycles. The Balaban J connectivity index is 2.45. The second-order valence-corrected chi connectivity index (χ2v) is 3.38. The third-order valence-electron chi connectivity index (χ3n) is 2.12. The van der Waals surface area contributed by atoms with Crippen LogP contribution in [-0.4, -0.2) is 26.1 Å². The van der Waals surface area contributed by atoms with E-state index in [1.54, 1.807) is 0 Å². The number of furan rings is 1. The Bertz CT molecular complexity index is 559. The Morgan fingerprint density at radius 3 is 2.72 bits per heavy atom. The Morgan fingerprint density at radius 2 is 2.22 bits per heavy atom. The van der Waals surface area contributed by atoms with E-state index in [4.69, 9.17) is 9.52 Å². The van der Waals surface area contributed by atoms with Gasteiger partial charge in [-0.2, -0.15) is 13.2 Å². The van der Waals surface area contributed by atoms with E-state index in [-0.39, 0.29) is 6.54 Å². The van der Waals surface area contributed by atoms with Crippen LogP contribution in [-0.2, 0) is 12.7 Å². The van der Waals surface area contributed by atoms with Crippen molar-refractivity contribution in [3.05, 3.63) is 35.5 Å². The number of halogens is 3. The summed E-state index contributed by atoms with van der Waals surface area (Å²) in [5, 5.41) is 14.9. The maximum absolute atomic E-state index is 12.7. The lowest BCUT2D eigenvalue weighted by Crippen LogP contribution is -2.18. The van der Waals surface area contributed by atoms with E-state index in [1.807, 2.05) is 0 Å². The predicted octanol–water partition coefficient (Wildman–Crippen LogP) is 1.64. The molecule has 0 aliphatic carbocycles. The summed E-state index contributed by atoms with van der Waals surface area (Å²) in [6.45, 7) is -0.272. The lowest BCUT2D eigenvalue weighted by atomic mass is 10.3. The zero-order chi connectivity index (χ0) is 13.3. The molecule has 0 aliphatic heterocycles. The normalized spacial score (nSPS) is 11.7. The fourth-order valence-corrected chi connectivity index (χ4v) is 1.40. The van der Waals surface area contributed by atoms with E-state index >= 15 is 0 Å². The Morgan fingerprint density at radius 1 is 1.50 bits per heavy atom. The fraction of sp³-hybridized carbons (Fsp3) is 0.222. The third kappa shape index (κ3) is 2.19. The highest BCUT2D eigenvalue weighted by Gasteiger charge is 2.41. The summed E-state index contributed by atoms with van der Waals surface area (Å²) in [6.07, 6.45) is -2.32. The lowest BCUT2D eigenvalue weighted by Gasteiger charge is -2.08. The molecule has 0 atom stereocenters. The van der Waals surface area contributed by atoms with E-state index in [0.29, 0.717) is 10.2 Å². The predicted molar refractivity (Wildman–Crippen MR) is 49.8 cm³/mol. The third-order valence-corrected chi connectivity index (χ3v) is 2.12. The molecule has 2 rings (SSSR count). The summed E-state index contributed by atoms with van der Waals surface area (Å²) < 4.78 is 43.4. The van der Waals surface area contributed by atoms with Crippen LogP contribution in [0.5, 0.6) is 0 Å². The van der Waals surface area contributed by atoms with Gasteiger partial charge in [-0.25, -0.2) is 9.48 Å². The lowest BCUT2D eigenvalue weighted by molar-refractivity contribution is -0.144. The molecule has 18 heavy (non-hydrogen) atoms. The first-order chi connectivity index (χ1) is 8.39. The van der Waals surface area contributed by atoms with Gasteiger partial charge >= 0.3 is 12.1 Å². The first-order valence-corrected chi connectivity index (χ1v) is 4.64. The number of aromatic nitrogens is 3. The van der Waals surface area contributed by atoms with Crippen LogP contribution in [0.4, 0.5) is 13.2 Å². The number of nitrogens with zero attached hydrogens (tertiary/aromatic N) is 3. The first-order valence-electron chi connectivity index (χ1n) is 4.64. The van der Waals surface area contributed by atoms with Crippen LogP contribution in [0, 0.1) is 0 Å². The van der Waals surface area contributed by atoms with E-state index in [2.05, 4.69) is 10.3 Å². The average Bonchev–Trinajstić information content (AvgIpc) is 2.85. The van der Waals surface area contributed by atoms with Crippen LogP contribution in [0.2, 0.25) is 0 Å². The number of aromatic carboxylic acids is 1. The number of alkyl halides is 3. The van der Waals surface area contributed by atoms with Gasteiger partial charge in [-0.05, 0) is 6.07 Å². The van der Waals surface area contributed by atoms with Gasteiger partial charge in [-0.1, -0.05) is 5.21 Å². The molecule has 0 unspecified atom stereocenters. The van der Waals surface area contributed by atoms with Crippen LogP contribution in [0.25, 0.3) is 0 Å². The summed E-state index contributed by atoms with van der Waals surface area (Å²) in [5.74, 6) is -1.78. The van der Waals surface area contributed by atoms with Gasteiger partial charge in [-0.3, -0.25) is 0 Å². The number of carboxylic acid groups (broad SMARTS) is 1. The van der Waals surface area contributed by atoms with Crippen molar-refractivity contribution in [3.63, 3.8) is 0 Å². The van der Waals surface area contributed by atoms with Crippen molar-refractivity contribution in [2.75, 3.05) is 0 Å². The topological polar surface area (TPSA) is 81.1 Å². The van der Waals surface area contributed by atoms with Gasteiger partial charge in [0, 0.05) is 5.56 Å². The van der Waals surface area contributed by atoms with Crippen LogP contribution in [0.15, 0.2) is 23.0 Å². The first kappa shape index (κ1) is 12.1. The van der Waals surface area contributed by atoms with Crippen molar-refractivity contribution >= 4 is 5.97 Å². The molecule has 0 spiro atoms. The van der Waals surface area contributed by atoms with Crippen molar-refractivity contribution in [1.29, 1.82) is 0 Å². The Kier molecular flexibility index (Phi) is 2.81. The van der Waals surface area contributed by atoms with Gasteiger partial charge in [0.05, 0.1) is 19.1 Å². The molecular formula is C9H6F3N3O3. The minimum Gasteiger partial charge on any atom is -0.476 e. The highest BCUT2D eigenvalue weighted by molar-refractivity contribution is 5.86. The van der Waals surface area contributed by atoms with Gasteiger partial charge in [-0.15, -0.1) is 5.10 Å². The van der Waals surface area contributed by atoms with E-state index in [9.17, 15) is 18.0 Å². The van der Waals surface area contributed by atoms with Crippen LogP contribution in [0.1, 0.15) is 21.7 Å². The highest BCUT2D eigenvalue weighted by Crippen LogP contribution is 2.31. The molecule has 2 aromatic rings. The summed E-state index contributed by atoms with van der Waals surface area (Å²) in [7, 11) is 0. The van der Waals surface area contributed by atoms with Crippen LogP contribution in [0.3, 0.4) is 0 Å². The van der Waals surface area contributed by atoms with Gasteiger partial charge in [0.25, 0.3) is 0 Å². The van der Waals surface area contributed by atoms with E-state index < -0.39 is 23.5 Å². The van der Waals surface area contributed by atoms with E-state index in [1.165, 1.54) is 18.6 Å². The molecular weight excluding hydrogens is 255 g/mol. The minimum atomic E-state index is -4.85. The minimum absolute atomic E-state index is 0.272. The molecule has 0 aliphatic rings. The summed E-state index contributed by atoms with van der Waals surface area (Å²) in [4.78, 5) is 10.6. The summed E-state index contributed by atoms with van der Waals surface area (Å²) in [5.41, 5.74) is -2.09. The molecule has 0 radical (unpaired) electrons. The van der Waals surface area contributed by atoms with Crippen molar-refractivity contribution in [2.45, 2.75) is 12.7 Å². The monoisotopic (exact) mass is 261 g/mol. The molecule has 2 aromatic heterocycles. The zero-order valence-corrected chi connectivity index (χ0v) is 8.68. The molecule has 96 valence electrons. The number of hydrogen-bond donors (Lipinski definition) is 1. The Labute approximate surface area is 97.6 Å². The largest absolute Gasteiger partial charge is 0.476 e. The standard InChI is InChI=1S/C9H6F3N3O3/c10-9(11,12)7-6(8(16)17)13-14-15(7)3-5-1-2-18-4-5/h1-2,4H,3H2,(H,16,17). The van der Waals surface area contributed by atoms with Crippen LogP contribution >= 0.6 is 0 Å². The molecule has 0 fully saturated rings. The maximum Gasteiger partial charge on any atom is 0.435 e. The quantitative estimate of drug-likeness (QED) is 0.908. The molecule has 1 N–H and O–H groups in total. The number of carbonyl (C=O) groups is 1. The van der Waals surface area contributed by atoms with Gasteiger partial charge in [0.2, 0.25) is 5.69 Å². The smallest absolute Gasteiger partial charge is 0.435 e. The highest BCUT2D eigenvalue weighted by atomic mass is 19.4. The van der Waals surface area contributed by atoms with Crippen molar-refractivity contribution in [1.82, 2.24) is 15.0 Å². The molecule has 0 amide bonds. The second-order valence-electron chi connectivity index (χ2n) is 3.38. The summed E-state index contributed by atoms with van der Waals surface area (Å²) >= 11 is 0. The van der Waals surface area contributed by atoms with Gasteiger partial charge in [0.15, 0.2) is 5.69 Å². The van der Waals surface area contributed by atoms with Gasteiger partial charge in [0.1, 0.15) is 0 Å². The maximum atomic E-state index is 12.7. The average molecular weight is 261 g/mol. The van der Waals surface area contributed by atoms with Gasteiger partial charge < -0.3 is 9.52 Å². The molecule has 0 aromatic carbocycles. The molecule has 0 saturated carbocycles. The van der Waals surface area contributed by atoms with Crippen molar-refractivity contribution < 1.29 is 27.5 Å². The number of rotatable bonds is 3. The molecule has 0 bridgehead atoms. The molecule has 2 heterocycles.